The van der Waals surface area contributed by atoms with Crippen LogP contribution in [0, 0.1) is 0 Å². The van der Waals surface area contributed by atoms with Gasteiger partial charge in [-0.3, -0.25) is 4.79 Å². The Kier molecular flexibility index (Phi) is 8.91. The normalized spacial score (nSPS) is 11.7. The lowest BCUT2D eigenvalue weighted by molar-refractivity contribution is -0.127. The molecule has 4 rings (SSSR count). The van der Waals surface area contributed by atoms with E-state index in [4.69, 9.17) is 42.1 Å². The number of fused-ring (bicyclic) bond motifs is 1. The molecular weight excluding hydrogens is 543 g/mol. The van der Waals surface area contributed by atoms with Crippen LogP contribution in [-0.2, 0) is 4.79 Å². The predicted octanol–water partition coefficient (Wildman–Crippen LogP) is 6.30. The van der Waals surface area contributed by atoms with Crippen LogP contribution in [0.5, 0.6) is 23.0 Å². The Balaban J connectivity index is 1.55. The molecule has 0 radical (unpaired) electrons. The van der Waals surface area contributed by atoms with Crippen molar-refractivity contribution in [2.75, 3.05) is 14.2 Å². The number of carbonyl (C=O) groups excluding carboxylic acids is 2. The van der Waals surface area contributed by atoms with E-state index in [0.717, 1.165) is 10.8 Å². The van der Waals surface area contributed by atoms with E-state index < -0.39 is 18.0 Å². The molecule has 0 bridgehead atoms. The van der Waals surface area contributed by atoms with Crippen molar-refractivity contribution >= 4 is 52.1 Å². The number of carbonyl (C=O) groups is 2. The predicted molar refractivity (Wildman–Crippen MR) is 151 cm³/mol. The molecule has 0 aliphatic carbocycles. The van der Waals surface area contributed by atoms with Gasteiger partial charge in [-0.25, -0.2) is 10.2 Å². The van der Waals surface area contributed by atoms with Crippen LogP contribution in [-0.4, -0.2) is 38.4 Å². The summed E-state index contributed by atoms with van der Waals surface area (Å²) in [6.07, 6.45) is 0.509. The number of amides is 1. The van der Waals surface area contributed by atoms with Crippen molar-refractivity contribution in [2.24, 2.45) is 5.10 Å². The molecular formula is C29H24Cl2N2O6. The van der Waals surface area contributed by atoms with E-state index in [1.54, 1.807) is 37.3 Å². The number of methoxy groups -OCH3 is 2. The van der Waals surface area contributed by atoms with Gasteiger partial charge in [0.2, 0.25) is 0 Å². The molecule has 0 saturated heterocycles. The highest BCUT2D eigenvalue weighted by Gasteiger charge is 2.18. The number of halogens is 2. The Bertz CT molecular complexity index is 1560. The zero-order valence-electron chi connectivity index (χ0n) is 21.2. The van der Waals surface area contributed by atoms with Gasteiger partial charge in [0.1, 0.15) is 11.5 Å². The first-order valence-electron chi connectivity index (χ1n) is 11.7. The highest BCUT2D eigenvalue weighted by molar-refractivity contribution is 6.35. The molecule has 10 heteroatoms. The maximum Gasteiger partial charge on any atom is 0.343 e. The van der Waals surface area contributed by atoms with Gasteiger partial charge >= 0.3 is 5.97 Å². The summed E-state index contributed by atoms with van der Waals surface area (Å²) in [5.74, 6) is 0.328. The van der Waals surface area contributed by atoms with Gasteiger partial charge in [-0.05, 0) is 60.2 Å². The number of rotatable bonds is 9. The summed E-state index contributed by atoms with van der Waals surface area (Å²) in [5.41, 5.74) is 3.22. The Morgan fingerprint density at radius 2 is 1.59 bits per heavy atom. The smallest absolute Gasteiger partial charge is 0.343 e. The average Bonchev–Trinajstić information content (AvgIpc) is 2.94. The van der Waals surface area contributed by atoms with Gasteiger partial charge in [0.05, 0.1) is 31.0 Å². The zero-order valence-corrected chi connectivity index (χ0v) is 22.7. The Morgan fingerprint density at radius 3 is 2.33 bits per heavy atom. The number of ether oxygens (including phenoxy) is 4. The molecule has 1 amide bonds. The standard InChI is InChI=1S/C29H24Cl2N2O6/c1-17(38-25-13-10-20(30)15-23(25)31)28(34)33-32-16-22-21-7-5-4-6-18(21)8-11-24(22)39-29(35)19-9-12-26(36-2)27(14-19)37-3/h4-17H,1-3H3,(H,33,34)/b32-16-/t17-/m0/s1. The summed E-state index contributed by atoms with van der Waals surface area (Å²) < 4.78 is 21.9. The number of hydrazone groups is 1. The van der Waals surface area contributed by atoms with Gasteiger partial charge in [-0.1, -0.05) is 53.5 Å². The van der Waals surface area contributed by atoms with Crippen molar-refractivity contribution in [1.29, 1.82) is 0 Å². The molecule has 0 unspecified atom stereocenters. The first-order chi connectivity index (χ1) is 18.8. The van der Waals surface area contributed by atoms with E-state index in [2.05, 4.69) is 10.5 Å². The Morgan fingerprint density at radius 1 is 0.872 bits per heavy atom. The number of esters is 1. The third kappa shape index (κ3) is 6.60. The number of hydrogen-bond donors (Lipinski definition) is 1. The summed E-state index contributed by atoms with van der Waals surface area (Å²) in [6, 6.07) is 20.4. The maximum absolute atomic E-state index is 13.0. The number of hydrogen-bond acceptors (Lipinski definition) is 7. The topological polar surface area (TPSA) is 95.5 Å². The first kappa shape index (κ1) is 27.8. The fourth-order valence-corrected chi connectivity index (χ4v) is 4.14. The number of nitrogens with one attached hydrogen (secondary N) is 1. The molecule has 0 heterocycles. The van der Waals surface area contributed by atoms with E-state index in [-0.39, 0.29) is 16.3 Å². The van der Waals surface area contributed by atoms with Gasteiger partial charge < -0.3 is 18.9 Å². The van der Waals surface area contributed by atoms with E-state index >= 15 is 0 Å². The quantitative estimate of drug-likeness (QED) is 0.110. The fourth-order valence-electron chi connectivity index (χ4n) is 3.69. The Hall–Kier alpha value is -4.27. The van der Waals surface area contributed by atoms with Crippen LogP contribution in [0.15, 0.2) is 77.9 Å². The fraction of sp³-hybridized carbons (Fsp3) is 0.138. The van der Waals surface area contributed by atoms with Crippen LogP contribution in [0.2, 0.25) is 10.0 Å². The zero-order chi connectivity index (χ0) is 27.9. The van der Waals surface area contributed by atoms with Crippen LogP contribution in [0.4, 0.5) is 0 Å². The largest absolute Gasteiger partial charge is 0.493 e. The third-order valence-electron chi connectivity index (χ3n) is 5.69. The lowest BCUT2D eigenvalue weighted by Gasteiger charge is -2.14. The van der Waals surface area contributed by atoms with Gasteiger partial charge in [0.25, 0.3) is 5.91 Å². The highest BCUT2D eigenvalue weighted by Crippen LogP contribution is 2.31. The molecule has 0 saturated carbocycles. The molecule has 1 N–H and O–H groups in total. The molecule has 39 heavy (non-hydrogen) atoms. The second kappa shape index (κ2) is 12.5. The van der Waals surface area contributed by atoms with Crippen LogP contribution in [0.25, 0.3) is 10.8 Å². The van der Waals surface area contributed by atoms with Crippen molar-refractivity contribution in [3.05, 3.63) is 94.0 Å². The van der Waals surface area contributed by atoms with Gasteiger partial charge in [0, 0.05) is 10.6 Å². The van der Waals surface area contributed by atoms with Crippen LogP contribution in [0.3, 0.4) is 0 Å². The third-order valence-corrected chi connectivity index (χ3v) is 6.22. The average molecular weight is 567 g/mol. The van der Waals surface area contributed by atoms with E-state index in [1.165, 1.54) is 32.6 Å². The summed E-state index contributed by atoms with van der Waals surface area (Å²) in [4.78, 5) is 25.6. The molecule has 4 aromatic rings. The summed E-state index contributed by atoms with van der Waals surface area (Å²) in [7, 11) is 2.99. The minimum absolute atomic E-state index is 0.253. The van der Waals surface area contributed by atoms with Crippen molar-refractivity contribution in [3.8, 4) is 23.0 Å². The minimum atomic E-state index is -0.907. The summed E-state index contributed by atoms with van der Waals surface area (Å²) in [5, 5.41) is 6.49. The van der Waals surface area contributed by atoms with Gasteiger partial charge in [-0.2, -0.15) is 5.10 Å². The molecule has 0 aliphatic rings. The van der Waals surface area contributed by atoms with E-state index in [1.807, 2.05) is 30.3 Å². The van der Waals surface area contributed by atoms with Crippen molar-refractivity contribution in [2.45, 2.75) is 13.0 Å². The van der Waals surface area contributed by atoms with Crippen molar-refractivity contribution < 1.29 is 28.5 Å². The van der Waals surface area contributed by atoms with Gasteiger partial charge in [0.15, 0.2) is 17.6 Å². The second-order valence-electron chi connectivity index (χ2n) is 8.23. The SMILES string of the molecule is COc1ccc(C(=O)Oc2ccc3ccccc3c2/C=N\NC(=O)[C@H](C)Oc2ccc(Cl)cc2Cl)cc1OC. The molecule has 1 atom stereocenters. The van der Waals surface area contributed by atoms with Crippen molar-refractivity contribution in [1.82, 2.24) is 5.43 Å². The second-order valence-corrected chi connectivity index (χ2v) is 9.07. The lowest BCUT2D eigenvalue weighted by atomic mass is 10.0. The molecule has 0 aromatic heterocycles. The van der Waals surface area contributed by atoms with Gasteiger partial charge in [-0.15, -0.1) is 0 Å². The molecule has 4 aromatic carbocycles. The van der Waals surface area contributed by atoms with Crippen LogP contribution in [0.1, 0.15) is 22.8 Å². The monoisotopic (exact) mass is 566 g/mol. The van der Waals surface area contributed by atoms with Crippen molar-refractivity contribution in [3.63, 3.8) is 0 Å². The highest BCUT2D eigenvalue weighted by atomic mass is 35.5. The number of benzene rings is 4. The first-order valence-corrected chi connectivity index (χ1v) is 12.5. The summed E-state index contributed by atoms with van der Waals surface area (Å²) >= 11 is 12.0. The molecule has 0 fully saturated rings. The lowest BCUT2D eigenvalue weighted by Crippen LogP contribution is -2.33. The maximum atomic E-state index is 13.0. The molecule has 0 aliphatic heterocycles. The molecule has 8 nitrogen and oxygen atoms in total. The van der Waals surface area contributed by atoms with Crippen LogP contribution < -0.4 is 24.4 Å². The minimum Gasteiger partial charge on any atom is -0.493 e. The number of nitrogens with zero attached hydrogens (tertiary/aromatic N) is 1. The van der Waals surface area contributed by atoms with E-state index in [0.29, 0.717) is 27.8 Å². The molecule has 200 valence electrons. The Labute approximate surface area is 235 Å². The summed E-state index contributed by atoms with van der Waals surface area (Å²) in [6.45, 7) is 1.56. The van der Waals surface area contributed by atoms with Crippen LogP contribution >= 0.6 is 23.2 Å². The van der Waals surface area contributed by atoms with E-state index in [9.17, 15) is 9.59 Å². The molecule has 0 spiro atoms.